The van der Waals surface area contributed by atoms with Crippen LogP contribution in [-0.2, 0) is 0 Å². The second-order valence-corrected chi connectivity index (χ2v) is 1.94. The van der Waals surface area contributed by atoms with Gasteiger partial charge in [0.15, 0.2) is 0 Å². The van der Waals surface area contributed by atoms with E-state index in [-0.39, 0.29) is 11.0 Å². The zero-order chi connectivity index (χ0) is 5.86. The van der Waals surface area contributed by atoms with Crippen molar-refractivity contribution < 1.29 is 13.2 Å². The Morgan fingerprint density at radius 3 is 1.71 bits per heavy atom. The zero-order valence-corrected chi connectivity index (χ0v) is 4.65. The van der Waals surface area contributed by atoms with Crippen LogP contribution in [0.5, 0.6) is 0 Å². The highest BCUT2D eigenvalue weighted by Crippen LogP contribution is 2.22. The van der Waals surface area contributed by atoms with Crippen LogP contribution in [0.4, 0.5) is 13.2 Å². The van der Waals surface area contributed by atoms with Gasteiger partial charge in [-0.1, -0.05) is 0 Å². The smallest absolute Gasteiger partial charge is 0.228 e. The zero-order valence-electron chi connectivity index (χ0n) is 3.07. The number of hydrogen-bond acceptors (Lipinski definition) is 1. The minimum Gasteiger partial charge on any atom is -0.228 e. The molecule has 0 saturated heterocycles. The van der Waals surface area contributed by atoms with Gasteiger partial charge in [-0.05, 0) is 21.7 Å². The van der Waals surface area contributed by atoms with E-state index in [9.17, 15) is 13.2 Å². The molecule has 5 heteroatoms. The summed E-state index contributed by atoms with van der Waals surface area (Å²) in [6.45, 7) is 0. The van der Waals surface area contributed by atoms with Gasteiger partial charge in [-0.25, -0.2) is 13.2 Å². The van der Waals surface area contributed by atoms with Crippen molar-refractivity contribution in [2.75, 3.05) is 0 Å². The summed E-state index contributed by atoms with van der Waals surface area (Å²) in [6, 6.07) is 0. The van der Waals surface area contributed by atoms with E-state index in [1.54, 1.807) is 0 Å². The Labute approximate surface area is 47.5 Å². The van der Waals surface area contributed by atoms with Gasteiger partial charge in [0, 0.05) is 0 Å². The molecule has 0 amide bonds. The quantitative estimate of drug-likeness (QED) is 0.583. The van der Waals surface area contributed by atoms with Gasteiger partial charge in [-0.15, -0.1) is 0 Å². The maximum Gasteiger partial charge on any atom is 0.279 e. The minimum atomic E-state index is -2.97. The molecule has 0 aliphatic rings. The van der Waals surface area contributed by atoms with E-state index >= 15 is 0 Å². The summed E-state index contributed by atoms with van der Waals surface area (Å²) in [7, 11) is 4.60. The van der Waals surface area contributed by atoms with E-state index in [0.717, 1.165) is 0 Å². The molecule has 0 saturated carbocycles. The van der Waals surface area contributed by atoms with Crippen molar-refractivity contribution in [2.24, 2.45) is 0 Å². The molecule has 1 unspecified atom stereocenters. The predicted molar refractivity (Wildman–Crippen MR) is 24.3 cm³/mol. The highest BCUT2D eigenvalue weighted by molar-refractivity contribution is 8.21. The van der Waals surface area contributed by atoms with Crippen molar-refractivity contribution in [1.29, 1.82) is 0 Å². The lowest BCUT2D eigenvalue weighted by Crippen LogP contribution is -2.03. The fraction of sp³-hybridized carbons (Fsp3) is 1.00. The van der Waals surface area contributed by atoms with Crippen molar-refractivity contribution in [2.45, 2.75) is 11.9 Å². The Kier molecular flexibility index (Phi) is 3.65. The van der Waals surface area contributed by atoms with Crippen LogP contribution >= 0.6 is 21.7 Å². The molecule has 0 radical (unpaired) electrons. The molecule has 0 aromatic carbocycles. The topological polar surface area (TPSA) is 0 Å². The molecular formula is C2H2ClF3S. The van der Waals surface area contributed by atoms with Crippen LogP contribution < -0.4 is 0 Å². The van der Waals surface area contributed by atoms with E-state index < -0.39 is 11.9 Å². The van der Waals surface area contributed by atoms with E-state index in [1.807, 2.05) is 0 Å². The van der Waals surface area contributed by atoms with Gasteiger partial charge in [0.05, 0.1) is 0 Å². The Bertz CT molecular complexity index is 50.2. The Hall–Kier alpha value is 0.430. The van der Waals surface area contributed by atoms with E-state index in [0.29, 0.717) is 0 Å². The van der Waals surface area contributed by atoms with Crippen molar-refractivity contribution in [3.05, 3.63) is 0 Å². The molecule has 0 N–H and O–H groups in total. The molecule has 0 aliphatic carbocycles. The van der Waals surface area contributed by atoms with Gasteiger partial charge in [0.25, 0.3) is 6.43 Å². The number of halogens is 4. The maximum absolute atomic E-state index is 11.3. The molecule has 0 rings (SSSR count). The van der Waals surface area contributed by atoms with Crippen LogP contribution in [0.15, 0.2) is 0 Å². The highest BCUT2D eigenvalue weighted by Gasteiger charge is 2.17. The third kappa shape index (κ3) is 3.05. The first-order valence-electron chi connectivity index (χ1n) is 1.38. The van der Waals surface area contributed by atoms with Crippen LogP contribution in [-0.4, -0.2) is 11.9 Å². The average Bonchev–Trinajstić information content (AvgIpc) is 1.65. The van der Waals surface area contributed by atoms with Gasteiger partial charge in [0.1, 0.15) is 0 Å². The van der Waals surface area contributed by atoms with E-state index in [1.165, 1.54) is 0 Å². The van der Waals surface area contributed by atoms with Gasteiger partial charge in [-0.2, -0.15) is 0 Å². The normalized spacial score (nSPS) is 15.0. The largest absolute Gasteiger partial charge is 0.279 e. The predicted octanol–water partition coefficient (Wildman–Crippen LogP) is 2.43. The maximum atomic E-state index is 11.3. The molecule has 0 spiro atoms. The first-order chi connectivity index (χ1) is 3.18. The first kappa shape index (κ1) is 7.43. The number of rotatable bonds is 2. The Balaban J connectivity index is 3.14. The lowest BCUT2D eigenvalue weighted by molar-refractivity contribution is 0.0960. The minimum absolute atomic E-state index is 0.0116. The molecule has 0 fully saturated rings. The standard InChI is InChI=1S/C2H2ClF3S/c3-7-2(6)1(4)5/h1-2H. The summed E-state index contributed by atoms with van der Waals surface area (Å²) in [5.74, 6) is 0. The second kappa shape index (κ2) is 3.43. The molecule has 0 nitrogen and oxygen atoms in total. The number of alkyl halides is 3. The van der Waals surface area contributed by atoms with Crippen molar-refractivity contribution in [3.8, 4) is 0 Å². The Morgan fingerprint density at radius 1 is 1.29 bits per heavy atom. The summed E-state index contributed by atoms with van der Waals surface area (Å²) in [4.78, 5) is 0. The highest BCUT2D eigenvalue weighted by atomic mass is 35.7. The lowest BCUT2D eigenvalue weighted by Gasteiger charge is -1.96. The van der Waals surface area contributed by atoms with Crippen molar-refractivity contribution in [3.63, 3.8) is 0 Å². The van der Waals surface area contributed by atoms with Crippen LogP contribution in [0.3, 0.4) is 0 Å². The Morgan fingerprint density at radius 2 is 1.71 bits per heavy atom. The van der Waals surface area contributed by atoms with E-state index in [2.05, 4.69) is 10.7 Å². The van der Waals surface area contributed by atoms with Crippen LogP contribution in [0.1, 0.15) is 0 Å². The summed E-state index contributed by atoms with van der Waals surface area (Å²) in [6.07, 6.45) is -2.97. The third-order valence-corrected chi connectivity index (χ3v) is 1.17. The van der Waals surface area contributed by atoms with Gasteiger partial charge in [-0.3, -0.25) is 0 Å². The van der Waals surface area contributed by atoms with Gasteiger partial charge >= 0.3 is 0 Å². The molecule has 1 atom stereocenters. The number of hydrogen-bond donors (Lipinski definition) is 0. The summed E-state index contributed by atoms with van der Waals surface area (Å²) < 4.78 is 33.2. The lowest BCUT2D eigenvalue weighted by atomic mass is 10.8. The average molecular weight is 151 g/mol. The SMILES string of the molecule is FC(F)C(F)SCl. The van der Waals surface area contributed by atoms with Crippen LogP contribution in [0.25, 0.3) is 0 Å². The van der Waals surface area contributed by atoms with Crippen LogP contribution in [0, 0.1) is 0 Å². The van der Waals surface area contributed by atoms with Crippen LogP contribution in [0.2, 0.25) is 0 Å². The summed E-state index contributed by atoms with van der Waals surface area (Å²) >= 11 is 0. The second-order valence-electron chi connectivity index (χ2n) is 0.775. The monoisotopic (exact) mass is 150 g/mol. The van der Waals surface area contributed by atoms with Crippen molar-refractivity contribution in [1.82, 2.24) is 0 Å². The van der Waals surface area contributed by atoms with Gasteiger partial charge < -0.3 is 0 Å². The molecule has 0 aliphatic heterocycles. The fourth-order valence-corrected chi connectivity index (χ4v) is 0.350. The molecule has 0 bridgehead atoms. The van der Waals surface area contributed by atoms with Gasteiger partial charge in [0.2, 0.25) is 5.50 Å². The third-order valence-electron chi connectivity index (χ3n) is 0.283. The fourth-order valence-electron chi connectivity index (χ4n) is 0.0389. The molecule has 0 aromatic rings. The molecule has 0 heterocycles. The van der Waals surface area contributed by atoms with Crippen molar-refractivity contribution >= 4 is 21.7 Å². The molecule has 7 heavy (non-hydrogen) atoms. The first-order valence-corrected chi connectivity index (χ1v) is 3.08. The molecular weight excluding hydrogens is 149 g/mol. The van der Waals surface area contributed by atoms with E-state index in [4.69, 9.17) is 0 Å². The summed E-state index contributed by atoms with van der Waals surface area (Å²) in [5.41, 5.74) is -2.25. The molecule has 44 valence electrons. The summed E-state index contributed by atoms with van der Waals surface area (Å²) in [5, 5.41) is 0. The molecule has 0 aromatic heterocycles.